The molecule has 2 atom stereocenters. The molecule has 0 bridgehead atoms. The van der Waals surface area contributed by atoms with Crippen LogP contribution in [0.4, 0.5) is 4.39 Å². The molecule has 1 N–H and O–H groups in total. The van der Waals surface area contributed by atoms with Gasteiger partial charge in [-0.25, -0.2) is 4.39 Å². The van der Waals surface area contributed by atoms with Crippen molar-refractivity contribution in [3.05, 3.63) is 35.6 Å². The lowest BCUT2D eigenvalue weighted by molar-refractivity contribution is -0.137. The molecule has 1 saturated heterocycles. The second kappa shape index (κ2) is 6.16. The fourth-order valence-electron chi connectivity index (χ4n) is 3.19. The predicted molar refractivity (Wildman–Crippen MR) is 74.5 cm³/mol. The van der Waals surface area contributed by atoms with Gasteiger partial charge in [-0.15, -0.1) is 0 Å². The number of piperidine rings is 1. The smallest absolute Gasteiger partial charge is 0.234 e. The quantitative estimate of drug-likeness (QED) is 0.860. The highest BCUT2D eigenvalue weighted by atomic mass is 19.1. The first-order valence-electron chi connectivity index (χ1n) is 7.16. The van der Waals surface area contributed by atoms with E-state index in [1.165, 1.54) is 12.1 Å². The SMILES string of the molecule is CCC(CC)C1CC(=O)NC(=O)C1c1ccc(F)cc1. The van der Waals surface area contributed by atoms with Gasteiger partial charge in [0.2, 0.25) is 11.8 Å². The number of nitrogens with one attached hydrogen (secondary N) is 1. The summed E-state index contributed by atoms with van der Waals surface area (Å²) in [5.74, 6) is -0.829. The fraction of sp³-hybridized carbons (Fsp3) is 0.500. The van der Waals surface area contributed by atoms with Crippen LogP contribution in [0, 0.1) is 17.7 Å². The van der Waals surface area contributed by atoms with Crippen LogP contribution < -0.4 is 5.32 Å². The number of amides is 2. The van der Waals surface area contributed by atoms with E-state index in [-0.39, 0.29) is 29.5 Å². The summed E-state index contributed by atoms with van der Waals surface area (Å²) in [6.45, 7) is 4.15. The maximum atomic E-state index is 13.0. The van der Waals surface area contributed by atoms with E-state index in [4.69, 9.17) is 0 Å². The van der Waals surface area contributed by atoms with Crippen molar-refractivity contribution < 1.29 is 14.0 Å². The summed E-state index contributed by atoms with van der Waals surface area (Å²) in [5, 5.41) is 2.40. The van der Waals surface area contributed by atoms with Crippen molar-refractivity contribution in [1.29, 1.82) is 0 Å². The summed E-state index contributed by atoms with van der Waals surface area (Å²) < 4.78 is 13.0. The number of rotatable bonds is 4. The van der Waals surface area contributed by atoms with Crippen molar-refractivity contribution in [2.24, 2.45) is 11.8 Å². The Morgan fingerprint density at radius 2 is 1.80 bits per heavy atom. The van der Waals surface area contributed by atoms with Gasteiger partial charge < -0.3 is 0 Å². The summed E-state index contributed by atoms with van der Waals surface area (Å²) in [5.41, 5.74) is 0.785. The van der Waals surface area contributed by atoms with E-state index in [2.05, 4.69) is 19.2 Å². The summed E-state index contributed by atoms with van der Waals surface area (Å²) in [4.78, 5) is 23.9. The molecule has 1 aromatic rings. The topological polar surface area (TPSA) is 46.2 Å². The molecule has 1 heterocycles. The molecule has 1 fully saturated rings. The average Bonchev–Trinajstić information content (AvgIpc) is 2.41. The van der Waals surface area contributed by atoms with Crippen molar-refractivity contribution in [3.63, 3.8) is 0 Å². The minimum Gasteiger partial charge on any atom is -0.296 e. The van der Waals surface area contributed by atoms with Gasteiger partial charge in [0.25, 0.3) is 0 Å². The molecule has 1 aliphatic rings. The minimum absolute atomic E-state index is 0.00305. The zero-order valence-corrected chi connectivity index (χ0v) is 11.9. The minimum atomic E-state index is -0.363. The molecule has 1 aliphatic heterocycles. The standard InChI is InChI=1S/C16H20FNO2/c1-3-10(4-2)13-9-14(19)18-16(20)15(13)11-5-7-12(17)8-6-11/h5-8,10,13,15H,3-4,9H2,1-2H3,(H,18,19,20). The molecule has 2 unspecified atom stereocenters. The van der Waals surface area contributed by atoms with Crippen LogP contribution in [0.25, 0.3) is 0 Å². The van der Waals surface area contributed by atoms with Crippen LogP contribution in [0.3, 0.4) is 0 Å². The van der Waals surface area contributed by atoms with E-state index in [1.807, 2.05) is 0 Å². The predicted octanol–water partition coefficient (Wildman–Crippen LogP) is 3.01. The number of imide groups is 1. The highest BCUT2D eigenvalue weighted by Crippen LogP contribution is 2.38. The van der Waals surface area contributed by atoms with Gasteiger partial charge in [0.15, 0.2) is 0 Å². The molecule has 0 aromatic heterocycles. The Hall–Kier alpha value is -1.71. The Morgan fingerprint density at radius 3 is 2.35 bits per heavy atom. The van der Waals surface area contributed by atoms with Crippen LogP contribution in [0.15, 0.2) is 24.3 Å². The average molecular weight is 277 g/mol. The second-order valence-corrected chi connectivity index (χ2v) is 5.39. The van der Waals surface area contributed by atoms with Crippen LogP contribution in [-0.4, -0.2) is 11.8 Å². The molecule has 4 heteroatoms. The third kappa shape index (κ3) is 2.89. The molecule has 2 amide bonds. The number of hydrogen-bond donors (Lipinski definition) is 1. The molecule has 0 radical (unpaired) electrons. The molecule has 0 aliphatic carbocycles. The Balaban J connectivity index is 2.36. The van der Waals surface area contributed by atoms with E-state index < -0.39 is 0 Å². The molecule has 0 spiro atoms. The third-order valence-electron chi connectivity index (χ3n) is 4.28. The zero-order chi connectivity index (χ0) is 14.7. The number of hydrogen-bond acceptors (Lipinski definition) is 2. The van der Waals surface area contributed by atoms with Gasteiger partial charge in [-0.3, -0.25) is 14.9 Å². The van der Waals surface area contributed by atoms with Crippen LogP contribution in [-0.2, 0) is 9.59 Å². The monoisotopic (exact) mass is 277 g/mol. The summed E-state index contributed by atoms with van der Waals surface area (Å²) in [7, 11) is 0. The molecule has 3 nitrogen and oxygen atoms in total. The number of carbonyl (C=O) groups excluding carboxylic acids is 2. The van der Waals surface area contributed by atoms with Gasteiger partial charge in [0.05, 0.1) is 5.92 Å². The van der Waals surface area contributed by atoms with Gasteiger partial charge in [0.1, 0.15) is 5.82 Å². The summed E-state index contributed by atoms with van der Waals surface area (Å²) in [6, 6.07) is 6.02. The zero-order valence-electron chi connectivity index (χ0n) is 11.9. The van der Waals surface area contributed by atoms with Crippen LogP contribution in [0.5, 0.6) is 0 Å². The van der Waals surface area contributed by atoms with E-state index in [0.29, 0.717) is 12.3 Å². The Kier molecular flexibility index (Phi) is 4.53. The third-order valence-corrected chi connectivity index (χ3v) is 4.28. The molecule has 20 heavy (non-hydrogen) atoms. The van der Waals surface area contributed by atoms with Crippen molar-refractivity contribution in [2.75, 3.05) is 0 Å². The van der Waals surface area contributed by atoms with Gasteiger partial charge in [-0.05, 0) is 29.5 Å². The van der Waals surface area contributed by atoms with Crippen molar-refractivity contribution in [1.82, 2.24) is 5.32 Å². The van der Waals surface area contributed by atoms with Crippen LogP contribution in [0.2, 0.25) is 0 Å². The molecule has 1 aromatic carbocycles. The normalized spacial score (nSPS) is 23.0. The first-order valence-corrected chi connectivity index (χ1v) is 7.16. The lowest BCUT2D eigenvalue weighted by Crippen LogP contribution is -2.46. The van der Waals surface area contributed by atoms with E-state index in [0.717, 1.165) is 18.4 Å². The lowest BCUT2D eigenvalue weighted by atomic mass is 9.71. The fourth-order valence-corrected chi connectivity index (χ4v) is 3.19. The van der Waals surface area contributed by atoms with Crippen molar-refractivity contribution >= 4 is 11.8 Å². The van der Waals surface area contributed by atoms with Gasteiger partial charge in [0, 0.05) is 6.42 Å². The molecular formula is C16H20FNO2. The van der Waals surface area contributed by atoms with Gasteiger partial charge in [-0.1, -0.05) is 38.8 Å². The molecule has 0 saturated carbocycles. The number of benzene rings is 1. The van der Waals surface area contributed by atoms with E-state index in [9.17, 15) is 14.0 Å². The van der Waals surface area contributed by atoms with Gasteiger partial charge in [-0.2, -0.15) is 0 Å². The second-order valence-electron chi connectivity index (χ2n) is 5.39. The molecule has 2 rings (SSSR count). The van der Waals surface area contributed by atoms with Crippen LogP contribution >= 0.6 is 0 Å². The van der Waals surface area contributed by atoms with Gasteiger partial charge >= 0.3 is 0 Å². The highest BCUT2D eigenvalue weighted by molar-refractivity contribution is 6.01. The Bertz CT molecular complexity index is 494. The largest absolute Gasteiger partial charge is 0.296 e. The number of carbonyl (C=O) groups is 2. The summed E-state index contributed by atoms with van der Waals surface area (Å²) >= 11 is 0. The van der Waals surface area contributed by atoms with Crippen LogP contribution in [0.1, 0.15) is 44.6 Å². The lowest BCUT2D eigenvalue weighted by Gasteiger charge is -2.35. The Morgan fingerprint density at radius 1 is 1.20 bits per heavy atom. The molecular weight excluding hydrogens is 257 g/mol. The first kappa shape index (κ1) is 14.7. The first-order chi connectivity index (χ1) is 9.56. The maximum absolute atomic E-state index is 13.0. The van der Waals surface area contributed by atoms with Crippen molar-refractivity contribution in [2.45, 2.75) is 39.0 Å². The van der Waals surface area contributed by atoms with E-state index >= 15 is 0 Å². The molecule has 108 valence electrons. The highest BCUT2D eigenvalue weighted by Gasteiger charge is 2.39. The number of halogens is 1. The van der Waals surface area contributed by atoms with E-state index in [1.54, 1.807) is 12.1 Å². The van der Waals surface area contributed by atoms with Crippen molar-refractivity contribution in [3.8, 4) is 0 Å². The maximum Gasteiger partial charge on any atom is 0.234 e. The Labute approximate surface area is 118 Å². The summed E-state index contributed by atoms with van der Waals surface area (Å²) in [6.07, 6.45) is 2.22.